The minimum Gasteiger partial charge on any atom is -0.390 e. The summed E-state index contributed by atoms with van der Waals surface area (Å²) in [6.07, 6.45) is 2.74. The minimum absolute atomic E-state index is 0.0498. The maximum absolute atomic E-state index is 12.7. The van der Waals surface area contributed by atoms with Crippen molar-refractivity contribution in [3.8, 4) is 0 Å². The molecule has 2 aliphatic rings. The lowest BCUT2D eigenvalue weighted by Crippen LogP contribution is -2.56. The number of aryl methyl sites for hydroxylation is 2. The number of ether oxygens (including phenoxy) is 1. The smallest absolute Gasteiger partial charge is 0.253 e. The molecule has 1 spiro atoms. The van der Waals surface area contributed by atoms with E-state index in [4.69, 9.17) is 4.74 Å². The van der Waals surface area contributed by atoms with Gasteiger partial charge in [-0.1, -0.05) is 0 Å². The summed E-state index contributed by atoms with van der Waals surface area (Å²) in [6.45, 7) is 5.79. The van der Waals surface area contributed by atoms with Crippen LogP contribution in [-0.4, -0.2) is 52.3 Å². The third-order valence-corrected chi connectivity index (χ3v) is 4.84. The van der Waals surface area contributed by atoms with Crippen molar-refractivity contribution < 1.29 is 14.6 Å². The first-order chi connectivity index (χ1) is 10.5. The molecular weight excluding hydrogens is 280 g/mol. The van der Waals surface area contributed by atoms with Gasteiger partial charge in [0.2, 0.25) is 0 Å². The van der Waals surface area contributed by atoms with Gasteiger partial charge in [0, 0.05) is 36.6 Å². The molecule has 1 N–H and O–H groups in total. The van der Waals surface area contributed by atoms with E-state index in [9.17, 15) is 9.90 Å². The van der Waals surface area contributed by atoms with Crippen LogP contribution >= 0.6 is 0 Å². The number of piperidine rings is 1. The van der Waals surface area contributed by atoms with E-state index in [2.05, 4.69) is 4.98 Å². The van der Waals surface area contributed by atoms with Gasteiger partial charge in [-0.2, -0.15) is 0 Å². The zero-order valence-corrected chi connectivity index (χ0v) is 13.3. The van der Waals surface area contributed by atoms with Gasteiger partial charge in [0.15, 0.2) is 0 Å². The summed E-state index contributed by atoms with van der Waals surface area (Å²) in [7, 11) is 0. The lowest BCUT2D eigenvalue weighted by Gasteiger charge is -2.46. The second-order valence-corrected chi connectivity index (χ2v) is 6.50. The molecule has 0 radical (unpaired) electrons. The average Bonchev–Trinajstić information content (AvgIpc) is 2.49. The van der Waals surface area contributed by atoms with Gasteiger partial charge in [-0.25, -0.2) is 0 Å². The third kappa shape index (κ3) is 2.88. The number of hydrogen-bond donors (Lipinski definition) is 1. The summed E-state index contributed by atoms with van der Waals surface area (Å²) >= 11 is 0. The molecule has 5 nitrogen and oxygen atoms in total. The van der Waals surface area contributed by atoms with E-state index in [-0.39, 0.29) is 5.91 Å². The molecule has 1 atom stereocenters. The molecule has 2 fully saturated rings. The SMILES string of the molecule is Cc1cc(C(=O)N2CCC3(CC2)OCCC[C@H]3O)cc(C)n1. The van der Waals surface area contributed by atoms with Gasteiger partial charge in [0.25, 0.3) is 5.91 Å². The van der Waals surface area contributed by atoms with E-state index in [0.717, 1.165) is 24.2 Å². The number of aliphatic hydroxyl groups excluding tert-OH is 1. The number of carbonyl (C=O) groups is 1. The second kappa shape index (κ2) is 5.97. The van der Waals surface area contributed by atoms with Crippen LogP contribution in [0.5, 0.6) is 0 Å². The molecule has 3 rings (SSSR count). The van der Waals surface area contributed by atoms with Crippen LogP contribution in [0.25, 0.3) is 0 Å². The molecular formula is C17H24N2O3. The molecule has 2 aliphatic heterocycles. The molecule has 3 heterocycles. The Hall–Kier alpha value is -1.46. The lowest BCUT2D eigenvalue weighted by atomic mass is 9.82. The third-order valence-electron chi connectivity index (χ3n) is 4.84. The first kappa shape index (κ1) is 15.4. The Morgan fingerprint density at radius 1 is 1.32 bits per heavy atom. The fourth-order valence-corrected chi connectivity index (χ4v) is 3.62. The Balaban J connectivity index is 1.69. The fraction of sp³-hybridized carbons (Fsp3) is 0.647. The number of aliphatic hydroxyl groups is 1. The van der Waals surface area contributed by atoms with Crippen molar-refractivity contribution in [2.45, 2.75) is 51.2 Å². The zero-order valence-electron chi connectivity index (χ0n) is 13.3. The van der Waals surface area contributed by atoms with Gasteiger partial charge in [-0.05, 0) is 51.7 Å². The molecule has 22 heavy (non-hydrogen) atoms. The predicted molar refractivity (Wildman–Crippen MR) is 82.8 cm³/mol. The van der Waals surface area contributed by atoms with Crippen LogP contribution in [0.1, 0.15) is 47.4 Å². The quantitative estimate of drug-likeness (QED) is 0.860. The summed E-state index contributed by atoms with van der Waals surface area (Å²) in [5.41, 5.74) is 2.00. The van der Waals surface area contributed by atoms with Crippen LogP contribution < -0.4 is 0 Å². The largest absolute Gasteiger partial charge is 0.390 e. The standard InChI is InChI=1S/C17H24N2O3/c1-12-10-14(11-13(2)18-12)16(21)19-7-5-17(6-8-19)15(20)4-3-9-22-17/h10-11,15,20H,3-9H2,1-2H3/t15-/m1/s1. The van der Waals surface area contributed by atoms with Gasteiger partial charge < -0.3 is 14.7 Å². The Morgan fingerprint density at radius 2 is 1.95 bits per heavy atom. The van der Waals surface area contributed by atoms with Crippen molar-refractivity contribution in [1.82, 2.24) is 9.88 Å². The van der Waals surface area contributed by atoms with Crippen LogP contribution in [0.3, 0.4) is 0 Å². The van der Waals surface area contributed by atoms with Crippen molar-refractivity contribution >= 4 is 5.91 Å². The van der Waals surface area contributed by atoms with Gasteiger partial charge in [-0.3, -0.25) is 9.78 Å². The van der Waals surface area contributed by atoms with E-state index in [1.54, 1.807) is 0 Å². The molecule has 0 aromatic carbocycles. The first-order valence-electron chi connectivity index (χ1n) is 8.07. The number of amides is 1. The molecule has 0 bridgehead atoms. The lowest BCUT2D eigenvalue weighted by molar-refractivity contribution is -0.174. The van der Waals surface area contributed by atoms with E-state index in [1.807, 2.05) is 30.9 Å². The molecule has 1 aromatic heterocycles. The van der Waals surface area contributed by atoms with Gasteiger partial charge >= 0.3 is 0 Å². The molecule has 0 saturated carbocycles. The molecule has 2 saturated heterocycles. The normalized spacial score (nSPS) is 24.5. The number of carbonyl (C=O) groups excluding carboxylic acids is 1. The maximum Gasteiger partial charge on any atom is 0.253 e. The molecule has 5 heteroatoms. The summed E-state index contributed by atoms with van der Waals surface area (Å²) < 4.78 is 5.89. The van der Waals surface area contributed by atoms with E-state index in [1.165, 1.54) is 0 Å². The van der Waals surface area contributed by atoms with E-state index >= 15 is 0 Å². The highest BCUT2D eigenvalue weighted by Crippen LogP contribution is 2.35. The topological polar surface area (TPSA) is 62.7 Å². The van der Waals surface area contributed by atoms with Gasteiger partial charge in [0.1, 0.15) is 0 Å². The number of rotatable bonds is 1. The summed E-state index contributed by atoms with van der Waals surface area (Å²) in [5.74, 6) is 0.0498. The maximum atomic E-state index is 12.7. The van der Waals surface area contributed by atoms with Gasteiger partial charge in [-0.15, -0.1) is 0 Å². The van der Waals surface area contributed by atoms with Crippen LogP contribution in [0.15, 0.2) is 12.1 Å². The molecule has 120 valence electrons. The average molecular weight is 304 g/mol. The van der Waals surface area contributed by atoms with Crippen molar-refractivity contribution in [1.29, 1.82) is 0 Å². The molecule has 1 aromatic rings. The molecule has 0 aliphatic carbocycles. The number of hydrogen-bond acceptors (Lipinski definition) is 4. The van der Waals surface area contributed by atoms with Crippen LogP contribution in [-0.2, 0) is 4.74 Å². The molecule has 0 unspecified atom stereocenters. The first-order valence-corrected chi connectivity index (χ1v) is 8.07. The summed E-state index contributed by atoms with van der Waals surface area (Å²) in [4.78, 5) is 18.8. The Kier molecular flexibility index (Phi) is 4.19. The predicted octanol–water partition coefficient (Wildman–Crippen LogP) is 1.84. The zero-order chi connectivity index (χ0) is 15.7. The Morgan fingerprint density at radius 3 is 2.55 bits per heavy atom. The van der Waals surface area contributed by atoms with Crippen molar-refractivity contribution in [3.05, 3.63) is 29.1 Å². The van der Waals surface area contributed by atoms with Gasteiger partial charge in [0.05, 0.1) is 11.7 Å². The monoisotopic (exact) mass is 304 g/mol. The van der Waals surface area contributed by atoms with Crippen LogP contribution in [0.4, 0.5) is 0 Å². The number of pyridine rings is 1. The Labute approximate surface area is 131 Å². The Bertz CT molecular complexity index is 545. The van der Waals surface area contributed by atoms with Crippen molar-refractivity contribution in [3.63, 3.8) is 0 Å². The molecule has 1 amide bonds. The summed E-state index contributed by atoms with van der Waals surface area (Å²) in [6, 6.07) is 3.68. The van der Waals surface area contributed by atoms with Crippen LogP contribution in [0, 0.1) is 13.8 Å². The number of nitrogens with zero attached hydrogens (tertiary/aromatic N) is 2. The summed E-state index contributed by atoms with van der Waals surface area (Å²) in [5, 5.41) is 10.3. The highest BCUT2D eigenvalue weighted by Gasteiger charge is 2.44. The number of likely N-dealkylation sites (tertiary alicyclic amines) is 1. The van der Waals surface area contributed by atoms with E-state index < -0.39 is 11.7 Å². The van der Waals surface area contributed by atoms with Crippen LogP contribution in [0.2, 0.25) is 0 Å². The minimum atomic E-state index is -0.431. The highest BCUT2D eigenvalue weighted by molar-refractivity contribution is 5.94. The van der Waals surface area contributed by atoms with E-state index in [0.29, 0.717) is 38.1 Å². The van der Waals surface area contributed by atoms with Crippen molar-refractivity contribution in [2.75, 3.05) is 19.7 Å². The highest BCUT2D eigenvalue weighted by atomic mass is 16.5. The van der Waals surface area contributed by atoms with Crippen molar-refractivity contribution in [2.24, 2.45) is 0 Å². The fourth-order valence-electron chi connectivity index (χ4n) is 3.62. The second-order valence-electron chi connectivity index (χ2n) is 6.50. The number of aromatic nitrogens is 1.